The zero-order valence-electron chi connectivity index (χ0n) is 8.35. The van der Waals surface area contributed by atoms with Crippen molar-refractivity contribution >= 4 is 11.8 Å². The number of rotatable bonds is 3. The molecule has 0 unspecified atom stereocenters. The molecule has 0 aliphatic carbocycles. The van der Waals surface area contributed by atoms with Gasteiger partial charge in [-0.1, -0.05) is 0 Å². The van der Waals surface area contributed by atoms with Crippen molar-refractivity contribution in [3.63, 3.8) is 0 Å². The van der Waals surface area contributed by atoms with Crippen LogP contribution in [0.2, 0.25) is 0 Å². The van der Waals surface area contributed by atoms with Crippen molar-refractivity contribution in [1.82, 2.24) is 14.8 Å². The quantitative estimate of drug-likeness (QED) is 0.623. The summed E-state index contributed by atoms with van der Waals surface area (Å²) in [5, 5.41) is 23.0. The summed E-state index contributed by atoms with van der Waals surface area (Å²) in [6, 6.07) is 4.17. The molecule has 2 aromatic heterocycles. The summed E-state index contributed by atoms with van der Waals surface area (Å²) in [6.45, 7) is 0. The van der Waals surface area contributed by atoms with Crippen LogP contribution in [0.4, 0.5) is 5.82 Å². The molecular formula is C9H6N4O4. The van der Waals surface area contributed by atoms with Crippen molar-refractivity contribution in [1.29, 1.82) is 0 Å². The van der Waals surface area contributed by atoms with E-state index >= 15 is 0 Å². The third-order valence-electron chi connectivity index (χ3n) is 2.00. The molecule has 0 aromatic carbocycles. The molecular weight excluding hydrogens is 228 g/mol. The van der Waals surface area contributed by atoms with Crippen LogP contribution in [0.1, 0.15) is 10.5 Å². The molecule has 0 spiro atoms. The Morgan fingerprint density at radius 2 is 2.24 bits per heavy atom. The number of aromatic carboxylic acids is 1. The lowest BCUT2D eigenvalue weighted by atomic mass is 10.3. The first-order valence-corrected chi connectivity index (χ1v) is 4.48. The predicted octanol–water partition coefficient (Wildman–Crippen LogP) is 0.874. The van der Waals surface area contributed by atoms with Crippen molar-refractivity contribution < 1.29 is 14.8 Å². The van der Waals surface area contributed by atoms with E-state index in [2.05, 4.69) is 10.1 Å². The van der Waals surface area contributed by atoms with Crippen LogP contribution in [0.5, 0.6) is 0 Å². The number of nitro groups is 1. The third kappa shape index (κ3) is 1.95. The van der Waals surface area contributed by atoms with E-state index in [-0.39, 0.29) is 17.2 Å². The minimum Gasteiger partial charge on any atom is -0.476 e. The van der Waals surface area contributed by atoms with E-state index in [1.807, 2.05) is 0 Å². The van der Waals surface area contributed by atoms with E-state index in [0.29, 0.717) is 0 Å². The maximum absolute atomic E-state index is 10.9. The number of hydrogen-bond donors (Lipinski definition) is 1. The van der Waals surface area contributed by atoms with Crippen LogP contribution in [-0.2, 0) is 0 Å². The monoisotopic (exact) mass is 234 g/mol. The molecule has 0 fully saturated rings. The van der Waals surface area contributed by atoms with Gasteiger partial charge in [-0.25, -0.2) is 9.78 Å². The third-order valence-corrected chi connectivity index (χ3v) is 2.00. The van der Waals surface area contributed by atoms with Gasteiger partial charge in [0.1, 0.15) is 5.69 Å². The molecule has 0 aliphatic rings. The van der Waals surface area contributed by atoms with E-state index in [9.17, 15) is 14.9 Å². The minimum absolute atomic E-state index is 0.174. The summed E-state index contributed by atoms with van der Waals surface area (Å²) < 4.78 is 1.11. The fraction of sp³-hybridized carbons (Fsp3) is 0. The topological polar surface area (TPSA) is 111 Å². The van der Waals surface area contributed by atoms with Crippen LogP contribution in [0.15, 0.2) is 30.6 Å². The lowest BCUT2D eigenvalue weighted by molar-refractivity contribution is -0.389. The predicted molar refractivity (Wildman–Crippen MR) is 55.0 cm³/mol. The molecule has 0 bridgehead atoms. The van der Waals surface area contributed by atoms with E-state index in [1.54, 1.807) is 0 Å². The van der Waals surface area contributed by atoms with E-state index in [0.717, 1.165) is 4.68 Å². The largest absolute Gasteiger partial charge is 0.476 e. The summed E-state index contributed by atoms with van der Waals surface area (Å²) in [5.74, 6) is -1.58. The van der Waals surface area contributed by atoms with E-state index in [4.69, 9.17) is 5.11 Å². The molecule has 0 amide bonds. The van der Waals surface area contributed by atoms with Gasteiger partial charge < -0.3 is 15.2 Å². The van der Waals surface area contributed by atoms with Gasteiger partial charge in [0.25, 0.3) is 0 Å². The van der Waals surface area contributed by atoms with Gasteiger partial charge in [-0.2, -0.15) is 0 Å². The Morgan fingerprint density at radius 3 is 2.82 bits per heavy atom. The minimum atomic E-state index is -1.22. The van der Waals surface area contributed by atoms with Crippen molar-refractivity contribution in [2.75, 3.05) is 0 Å². The van der Waals surface area contributed by atoms with Crippen LogP contribution in [0.25, 0.3) is 5.69 Å². The van der Waals surface area contributed by atoms with Gasteiger partial charge in [0.15, 0.2) is 5.69 Å². The highest BCUT2D eigenvalue weighted by Gasteiger charge is 2.18. The van der Waals surface area contributed by atoms with Gasteiger partial charge >= 0.3 is 11.8 Å². The van der Waals surface area contributed by atoms with Crippen molar-refractivity contribution in [2.45, 2.75) is 0 Å². The summed E-state index contributed by atoms with van der Waals surface area (Å²) in [6.07, 6.45) is 2.63. The first kappa shape index (κ1) is 10.7. The SMILES string of the molecule is O=C(O)c1ncccc1-n1ccc([N+](=O)[O-])n1. The second-order valence-electron chi connectivity index (χ2n) is 3.05. The Kier molecular flexibility index (Phi) is 2.53. The molecule has 1 N–H and O–H groups in total. The molecule has 2 heterocycles. The molecule has 0 saturated heterocycles. The molecule has 0 aliphatic heterocycles. The van der Waals surface area contributed by atoms with E-state index in [1.165, 1.54) is 30.6 Å². The number of carboxylic acids is 1. The summed E-state index contributed by atoms with van der Waals surface area (Å²) >= 11 is 0. The molecule has 2 aromatic rings. The van der Waals surface area contributed by atoms with E-state index < -0.39 is 10.9 Å². The Hall–Kier alpha value is -2.77. The van der Waals surface area contributed by atoms with Gasteiger partial charge in [-0.3, -0.25) is 0 Å². The molecule has 2 rings (SSSR count). The van der Waals surface area contributed by atoms with Crippen LogP contribution >= 0.6 is 0 Å². The highest BCUT2D eigenvalue weighted by Crippen LogP contribution is 2.14. The van der Waals surface area contributed by atoms with Gasteiger partial charge in [0.2, 0.25) is 0 Å². The van der Waals surface area contributed by atoms with Crippen molar-refractivity contribution in [3.05, 3.63) is 46.4 Å². The van der Waals surface area contributed by atoms with Crippen LogP contribution in [0.3, 0.4) is 0 Å². The van der Waals surface area contributed by atoms with Crippen LogP contribution in [-0.4, -0.2) is 30.8 Å². The average molecular weight is 234 g/mol. The number of pyridine rings is 1. The first-order chi connectivity index (χ1) is 8.09. The highest BCUT2D eigenvalue weighted by atomic mass is 16.6. The van der Waals surface area contributed by atoms with Crippen LogP contribution in [0, 0.1) is 10.1 Å². The molecule has 8 heteroatoms. The Balaban J connectivity index is 2.52. The number of aromatic nitrogens is 3. The summed E-state index contributed by atoms with van der Waals surface area (Å²) in [7, 11) is 0. The van der Waals surface area contributed by atoms with Crippen molar-refractivity contribution in [3.8, 4) is 5.69 Å². The maximum Gasteiger partial charge on any atom is 0.390 e. The second-order valence-corrected chi connectivity index (χ2v) is 3.05. The first-order valence-electron chi connectivity index (χ1n) is 4.48. The summed E-state index contributed by atoms with van der Waals surface area (Å²) in [5.41, 5.74) is -0.0430. The zero-order valence-corrected chi connectivity index (χ0v) is 8.35. The maximum atomic E-state index is 10.9. The Labute approximate surface area is 94.3 Å². The molecule has 8 nitrogen and oxygen atoms in total. The summed E-state index contributed by atoms with van der Waals surface area (Å²) in [4.78, 5) is 24.4. The van der Waals surface area contributed by atoms with Gasteiger partial charge in [0.05, 0.1) is 17.4 Å². The van der Waals surface area contributed by atoms with Gasteiger partial charge in [-0.15, -0.1) is 4.68 Å². The average Bonchev–Trinajstić information content (AvgIpc) is 2.78. The van der Waals surface area contributed by atoms with Gasteiger partial charge in [0, 0.05) is 6.20 Å². The lowest BCUT2D eigenvalue weighted by Gasteiger charge is -2.00. The standard InChI is InChI=1S/C9H6N4O4/c14-9(15)8-6(2-1-4-10-8)12-5-3-7(11-12)13(16)17/h1-5H,(H,14,15). The number of nitrogens with zero attached hydrogens (tertiary/aromatic N) is 4. The molecule has 0 radical (unpaired) electrons. The molecule has 86 valence electrons. The Morgan fingerprint density at radius 1 is 1.47 bits per heavy atom. The lowest BCUT2D eigenvalue weighted by Crippen LogP contribution is -2.08. The Bertz CT molecular complexity index is 592. The molecule has 0 saturated carbocycles. The molecule has 0 atom stereocenters. The zero-order chi connectivity index (χ0) is 12.4. The van der Waals surface area contributed by atoms with Gasteiger partial charge in [-0.05, 0) is 17.1 Å². The fourth-order valence-corrected chi connectivity index (χ4v) is 1.29. The van der Waals surface area contributed by atoms with Crippen LogP contribution < -0.4 is 0 Å². The highest BCUT2D eigenvalue weighted by molar-refractivity contribution is 5.89. The number of hydrogen-bond acceptors (Lipinski definition) is 5. The normalized spacial score (nSPS) is 10.1. The fourth-order valence-electron chi connectivity index (χ4n) is 1.29. The molecule has 17 heavy (non-hydrogen) atoms. The number of carboxylic acid groups (broad SMARTS) is 1. The second kappa shape index (κ2) is 4.00. The smallest absolute Gasteiger partial charge is 0.390 e. The number of carbonyl (C=O) groups is 1. The van der Waals surface area contributed by atoms with Crippen molar-refractivity contribution in [2.24, 2.45) is 0 Å².